The van der Waals surface area contributed by atoms with Gasteiger partial charge in [0.15, 0.2) is 8.32 Å². The minimum absolute atomic E-state index is 0.108. The van der Waals surface area contributed by atoms with Crippen LogP contribution in [0, 0.1) is 10.1 Å². The molecule has 1 heterocycles. The summed E-state index contributed by atoms with van der Waals surface area (Å²) in [6, 6.07) is -0.591. The number of rotatable bonds is 6. The predicted octanol–water partition coefficient (Wildman–Crippen LogP) is 4.17. The Morgan fingerprint density at radius 3 is 2.61 bits per heavy atom. The molecule has 0 aromatic heterocycles. The summed E-state index contributed by atoms with van der Waals surface area (Å²) >= 11 is 0. The number of allylic oxidation sites excluding steroid dienone is 1. The highest BCUT2D eigenvalue weighted by Gasteiger charge is 2.47. The molecule has 6 heteroatoms. The second-order valence-corrected chi connectivity index (χ2v) is 12.3. The number of dihydropyridines is 1. The van der Waals surface area contributed by atoms with Crippen molar-refractivity contribution in [3.8, 4) is 0 Å². The van der Waals surface area contributed by atoms with Crippen molar-refractivity contribution in [2.75, 3.05) is 6.61 Å². The summed E-state index contributed by atoms with van der Waals surface area (Å²) in [7, 11) is -1.87. The van der Waals surface area contributed by atoms with Crippen molar-refractivity contribution < 1.29 is 9.35 Å². The van der Waals surface area contributed by atoms with E-state index in [9.17, 15) is 10.1 Å². The first-order chi connectivity index (χ1) is 10.4. The lowest BCUT2D eigenvalue weighted by Gasteiger charge is -2.35. The van der Waals surface area contributed by atoms with Crippen LogP contribution in [0.15, 0.2) is 41.4 Å². The van der Waals surface area contributed by atoms with Crippen molar-refractivity contribution in [1.29, 1.82) is 0 Å². The topological polar surface area (TPSA) is 64.7 Å². The number of nitro groups is 1. The third-order valence-corrected chi connectivity index (χ3v) is 9.14. The molecule has 0 aromatic rings. The van der Waals surface area contributed by atoms with Crippen molar-refractivity contribution in [2.24, 2.45) is 4.99 Å². The van der Waals surface area contributed by atoms with Crippen molar-refractivity contribution in [1.82, 2.24) is 0 Å². The molecular weight excluding hydrogens is 308 g/mol. The number of hydrogen-bond acceptors (Lipinski definition) is 4. The molecule has 1 aliphatic heterocycles. The van der Waals surface area contributed by atoms with E-state index in [1.807, 2.05) is 0 Å². The lowest BCUT2D eigenvalue weighted by atomic mass is 9.84. The van der Waals surface area contributed by atoms with E-state index in [2.05, 4.69) is 45.4 Å². The number of nitrogens with zero attached hydrogens (tertiary/aromatic N) is 2. The molecule has 0 N–H and O–H groups in total. The molecule has 0 aromatic carbocycles. The summed E-state index contributed by atoms with van der Waals surface area (Å²) < 4.78 is 6.05. The lowest BCUT2D eigenvalue weighted by molar-refractivity contribution is -0.542. The normalized spacial score (nSPS) is 25.0. The quantitative estimate of drug-likeness (QED) is 0.316. The summed E-state index contributed by atoms with van der Waals surface area (Å²) in [5, 5.41) is 11.8. The van der Waals surface area contributed by atoms with Gasteiger partial charge in [-0.1, -0.05) is 33.4 Å². The molecule has 0 aliphatic carbocycles. The molecule has 23 heavy (non-hydrogen) atoms. The Labute approximate surface area is 140 Å². The maximum atomic E-state index is 11.7. The van der Waals surface area contributed by atoms with Crippen LogP contribution in [-0.4, -0.2) is 37.6 Å². The largest absolute Gasteiger partial charge is 0.413 e. The number of aliphatic imine (C=N–C) groups is 1. The van der Waals surface area contributed by atoms with Gasteiger partial charge in [-0.2, -0.15) is 0 Å². The predicted molar refractivity (Wildman–Crippen MR) is 98.2 cm³/mol. The summed E-state index contributed by atoms with van der Waals surface area (Å²) in [4.78, 5) is 15.6. The zero-order valence-electron chi connectivity index (χ0n) is 15.0. The minimum atomic E-state index is -1.87. The molecule has 0 saturated carbocycles. The van der Waals surface area contributed by atoms with Gasteiger partial charge in [-0.3, -0.25) is 15.1 Å². The van der Waals surface area contributed by atoms with E-state index >= 15 is 0 Å². The molecule has 0 bridgehead atoms. The van der Waals surface area contributed by atoms with Gasteiger partial charge < -0.3 is 4.43 Å². The second-order valence-electron chi connectivity index (χ2n) is 7.52. The summed E-state index contributed by atoms with van der Waals surface area (Å²) in [6.07, 6.45) is 8.10. The minimum Gasteiger partial charge on any atom is -0.413 e. The van der Waals surface area contributed by atoms with E-state index in [0.717, 1.165) is 0 Å². The fraction of sp³-hybridized carbons (Fsp3) is 0.588. The Balaban J connectivity index is 2.93. The second kappa shape index (κ2) is 6.92. The first kappa shape index (κ1) is 19.5. The average Bonchev–Trinajstić information content (AvgIpc) is 2.42. The first-order valence-electron chi connectivity index (χ1n) is 7.76. The van der Waals surface area contributed by atoms with Crippen LogP contribution in [0.1, 0.15) is 27.7 Å². The van der Waals surface area contributed by atoms with Crippen LogP contribution in [-0.2, 0) is 4.43 Å². The van der Waals surface area contributed by atoms with Crippen molar-refractivity contribution in [3.63, 3.8) is 0 Å². The van der Waals surface area contributed by atoms with Crippen LogP contribution in [0.3, 0.4) is 0 Å². The standard InChI is InChI=1S/C17H28N2O3Si/c1-14(2)15-17(19(20)21,10-8-12-18-15)11-9-13-22-23(6,7)16(3,4)5/h8-12,15H,1,13H2,2-7H3. The van der Waals surface area contributed by atoms with Gasteiger partial charge in [0.1, 0.15) is 6.04 Å². The highest BCUT2D eigenvalue weighted by Crippen LogP contribution is 2.36. The Bertz CT molecular complexity index is 559. The van der Waals surface area contributed by atoms with Crippen LogP contribution in [0.4, 0.5) is 0 Å². The maximum absolute atomic E-state index is 11.7. The zero-order valence-corrected chi connectivity index (χ0v) is 16.0. The van der Waals surface area contributed by atoms with E-state index in [-0.39, 0.29) is 9.96 Å². The fourth-order valence-electron chi connectivity index (χ4n) is 2.14. The van der Waals surface area contributed by atoms with Gasteiger partial charge in [-0.25, -0.2) is 0 Å². The molecule has 0 saturated heterocycles. The number of hydrogen-bond donors (Lipinski definition) is 0. The molecule has 0 radical (unpaired) electrons. The zero-order chi connectivity index (χ0) is 17.9. The fourth-order valence-corrected chi connectivity index (χ4v) is 3.09. The van der Waals surface area contributed by atoms with Gasteiger partial charge in [0, 0.05) is 17.2 Å². The van der Waals surface area contributed by atoms with Crippen molar-refractivity contribution in [2.45, 2.75) is 57.4 Å². The Morgan fingerprint density at radius 1 is 1.52 bits per heavy atom. The van der Waals surface area contributed by atoms with Crippen molar-refractivity contribution >= 4 is 14.5 Å². The third-order valence-electron chi connectivity index (χ3n) is 4.64. The van der Waals surface area contributed by atoms with E-state index in [4.69, 9.17) is 4.43 Å². The Morgan fingerprint density at radius 2 is 2.13 bits per heavy atom. The van der Waals surface area contributed by atoms with Gasteiger partial charge in [-0.15, -0.1) is 0 Å². The summed E-state index contributed by atoms with van der Waals surface area (Å²) in [6.45, 7) is 16.8. The van der Waals surface area contributed by atoms with Crippen molar-refractivity contribution in [3.05, 3.63) is 46.6 Å². The molecule has 2 atom stereocenters. The van der Waals surface area contributed by atoms with E-state index in [1.54, 1.807) is 37.4 Å². The highest BCUT2D eigenvalue weighted by molar-refractivity contribution is 6.74. The smallest absolute Gasteiger partial charge is 0.284 e. The average molecular weight is 337 g/mol. The first-order valence-corrected chi connectivity index (χ1v) is 10.7. The molecular formula is C17H28N2O3Si. The molecule has 1 aliphatic rings. The maximum Gasteiger partial charge on any atom is 0.284 e. The van der Waals surface area contributed by atoms with Gasteiger partial charge in [0.05, 0.1) is 6.61 Å². The SMILES string of the molecule is C=C(C)C1N=CC=CC1(C=CCO[Si](C)(C)C(C)(C)C)[N+](=O)[O-]. The van der Waals surface area contributed by atoms with Crippen LogP contribution in [0.25, 0.3) is 0 Å². The Kier molecular flexibility index (Phi) is 5.88. The summed E-state index contributed by atoms with van der Waals surface area (Å²) in [5.41, 5.74) is -0.713. The van der Waals surface area contributed by atoms with Crippen LogP contribution in [0.5, 0.6) is 0 Å². The molecule has 0 fully saturated rings. The van der Waals surface area contributed by atoms with Crippen LogP contribution in [0.2, 0.25) is 18.1 Å². The lowest BCUT2D eigenvalue weighted by Crippen LogP contribution is -2.47. The summed E-state index contributed by atoms with van der Waals surface area (Å²) in [5.74, 6) is 0. The molecule has 2 unspecified atom stereocenters. The van der Waals surface area contributed by atoms with Gasteiger partial charge in [0.2, 0.25) is 0 Å². The molecule has 128 valence electrons. The monoisotopic (exact) mass is 336 g/mol. The third kappa shape index (κ3) is 4.26. The highest BCUT2D eigenvalue weighted by atomic mass is 28.4. The van der Waals surface area contributed by atoms with Gasteiger partial charge >= 0.3 is 0 Å². The molecule has 0 spiro atoms. The molecule has 5 nitrogen and oxygen atoms in total. The molecule has 0 amide bonds. The van der Waals surface area contributed by atoms with Gasteiger partial charge in [-0.05, 0) is 42.8 Å². The van der Waals surface area contributed by atoms with Crippen LogP contribution >= 0.6 is 0 Å². The Hall–Kier alpha value is -1.53. The van der Waals surface area contributed by atoms with Gasteiger partial charge in [0.25, 0.3) is 5.54 Å². The van der Waals surface area contributed by atoms with E-state index < -0.39 is 19.9 Å². The van der Waals surface area contributed by atoms with E-state index in [1.165, 1.54) is 0 Å². The molecule has 1 rings (SSSR count). The van der Waals surface area contributed by atoms with E-state index in [0.29, 0.717) is 12.2 Å². The van der Waals surface area contributed by atoms with Crippen LogP contribution < -0.4 is 0 Å².